The average Bonchev–Trinajstić information content (AvgIpc) is 2.25. The second-order valence-corrected chi connectivity index (χ2v) is 4.27. The molecule has 0 fully saturated rings. The molecule has 0 atom stereocenters. The minimum Gasteiger partial charge on any atom is -0.344 e. The molecule has 2 nitrogen and oxygen atoms in total. The number of methoxy groups -OCH3 is 1. The predicted molar refractivity (Wildman–Crippen MR) is 61.4 cm³/mol. The van der Waals surface area contributed by atoms with Crippen molar-refractivity contribution in [2.45, 2.75) is 31.9 Å². The van der Waals surface area contributed by atoms with Crippen molar-refractivity contribution in [3.05, 3.63) is 29.3 Å². The van der Waals surface area contributed by atoms with Crippen LogP contribution in [0.3, 0.4) is 0 Å². The van der Waals surface area contributed by atoms with Crippen LogP contribution in [-0.2, 0) is 4.74 Å². The van der Waals surface area contributed by atoms with E-state index in [4.69, 9.17) is 0 Å². The first-order valence-corrected chi connectivity index (χ1v) is 5.49. The maximum atomic E-state index is 12.9. The van der Waals surface area contributed by atoms with Crippen molar-refractivity contribution in [2.75, 3.05) is 12.4 Å². The zero-order valence-corrected chi connectivity index (χ0v) is 10.9. The lowest BCUT2D eigenvalue weighted by Crippen LogP contribution is -2.63. The summed E-state index contributed by atoms with van der Waals surface area (Å²) in [5, 5.41) is 1.49. The number of nitrogens with one attached hydrogen (secondary N) is 1. The summed E-state index contributed by atoms with van der Waals surface area (Å²) in [6.45, 7) is 2.81. The van der Waals surface area contributed by atoms with E-state index in [1.165, 1.54) is 37.4 Å². The van der Waals surface area contributed by atoms with E-state index in [0.29, 0.717) is 7.11 Å². The molecule has 0 heterocycles. The fraction of sp³-hybridized carbons (Fsp3) is 0.500. The molecule has 114 valence electrons. The molecule has 0 spiro atoms. The van der Waals surface area contributed by atoms with Gasteiger partial charge in [0.25, 0.3) is 0 Å². The van der Waals surface area contributed by atoms with E-state index in [1.54, 1.807) is 0 Å². The van der Waals surface area contributed by atoms with Gasteiger partial charge in [-0.2, -0.15) is 26.3 Å². The molecule has 0 bridgehead atoms. The molecular formula is C12H13F6NO. The van der Waals surface area contributed by atoms with Crippen LogP contribution in [0.4, 0.5) is 32.0 Å². The summed E-state index contributed by atoms with van der Waals surface area (Å²) in [6.07, 6.45) is -11.3. The Morgan fingerprint density at radius 1 is 0.900 bits per heavy atom. The maximum absolute atomic E-state index is 12.9. The van der Waals surface area contributed by atoms with Crippen molar-refractivity contribution in [2.24, 2.45) is 0 Å². The third kappa shape index (κ3) is 2.70. The molecule has 0 amide bonds. The van der Waals surface area contributed by atoms with Crippen LogP contribution in [0, 0.1) is 13.8 Å². The molecule has 1 rings (SSSR count). The smallest absolute Gasteiger partial charge is 0.344 e. The fourth-order valence-electron chi connectivity index (χ4n) is 1.77. The highest BCUT2D eigenvalue weighted by molar-refractivity contribution is 5.58. The van der Waals surface area contributed by atoms with Gasteiger partial charge in [0.05, 0.1) is 0 Å². The molecule has 0 aliphatic heterocycles. The molecule has 0 unspecified atom stereocenters. The van der Waals surface area contributed by atoms with Gasteiger partial charge in [-0.25, -0.2) is 0 Å². The highest BCUT2D eigenvalue weighted by Gasteiger charge is 2.73. The monoisotopic (exact) mass is 301 g/mol. The summed E-state index contributed by atoms with van der Waals surface area (Å²) in [5.41, 5.74) is -4.21. The number of aryl methyl sites for hydroxylation is 2. The molecule has 8 heteroatoms. The Balaban J connectivity index is 3.42. The summed E-state index contributed by atoms with van der Waals surface area (Å²) in [4.78, 5) is 0. The molecule has 0 aliphatic rings. The van der Waals surface area contributed by atoms with Gasteiger partial charge < -0.3 is 10.1 Å². The SMILES string of the molecule is COC(Nc1c(C)cccc1C)(C(F)(F)F)C(F)(F)F. The van der Waals surface area contributed by atoms with E-state index in [9.17, 15) is 26.3 Å². The zero-order valence-electron chi connectivity index (χ0n) is 10.9. The number of alkyl halides is 6. The Kier molecular flexibility index (Phi) is 4.28. The molecule has 0 saturated heterocycles. The lowest BCUT2D eigenvalue weighted by molar-refractivity contribution is -0.363. The average molecular weight is 301 g/mol. The molecule has 0 saturated carbocycles. The summed E-state index contributed by atoms with van der Waals surface area (Å²) < 4.78 is 81.3. The fourth-order valence-corrected chi connectivity index (χ4v) is 1.77. The number of benzene rings is 1. The van der Waals surface area contributed by atoms with Crippen molar-refractivity contribution >= 4 is 5.69 Å². The Bertz CT molecular complexity index is 446. The van der Waals surface area contributed by atoms with Crippen molar-refractivity contribution in [1.82, 2.24) is 0 Å². The number of ether oxygens (including phenoxy) is 1. The Hall–Kier alpha value is -1.44. The summed E-state index contributed by atoms with van der Waals surface area (Å²) in [5.74, 6) is 0. The quantitative estimate of drug-likeness (QED) is 0.668. The van der Waals surface area contributed by atoms with Crippen LogP contribution in [0.5, 0.6) is 0 Å². The minimum atomic E-state index is -5.67. The van der Waals surface area contributed by atoms with E-state index < -0.39 is 18.1 Å². The number of hydrogen-bond donors (Lipinski definition) is 1. The minimum absolute atomic E-state index is 0.250. The molecule has 0 aromatic heterocycles. The lowest BCUT2D eigenvalue weighted by Gasteiger charge is -2.37. The van der Waals surface area contributed by atoms with Gasteiger partial charge in [-0.15, -0.1) is 0 Å². The van der Waals surface area contributed by atoms with Gasteiger partial charge in [0.2, 0.25) is 0 Å². The predicted octanol–water partition coefficient (Wildman–Crippen LogP) is 4.18. The van der Waals surface area contributed by atoms with Crippen molar-refractivity contribution in [3.8, 4) is 0 Å². The first-order chi connectivity index (χ1) is 8.96. The van der Waals surface area contributed by atoms with Gasteiger partial charge in [-0.3, -0.25) is 0 Å². The molecule has 20 heavy (non-hydrogen) atoms. The van der Waals surface area contributed by atoms with Crippen molar-refractivity contribution in [1.29, 1.82) is 0 Å². The topological polar surface area (TPSA) is 21.3 Å². The van der Waals surface area contributed by atoms with Gasteiger partial charge in [-0.1, -0.05) is 18.2 Å². The largest absolute Gasteiger partial charge is 0.446 e. The van der Waals surface area contributed by atoms with E-state index in [2.05, 4.69) is 4.74 Å². The Morgan fingerprint density at radius 3 is 1.60 bits per heavy atom. The van der Waals surface area contributed by atoms with Crippen LogP contribution in [-0.4, -0.2) is 25.2 Å². The van der Waals surface area contributed by atoms with Crippen LogP contribution in [0.15, 0.2) is 18.2 Å². The highest BCUT2D eigenvalue weighted by atomic mass is 19.4. The van der Waals surface area contributed by atoms with Gasteiger partial charge in [0.15, 0.2) is 0 Å². The summed E-state index contributed by atoms with van der Waals surface area (Å²) >= 11 is 0. The van der Waals surface area contributed by atoms with Crippen molar-refractivity contribution < 1.29 is 31.1 Å². The number of para-hydroxylation sites is 1. The first-order valence-electron chi connectivity index (χ1n) is 5.49. The number of rotatable bonds is 3. The molecule has 1 N–H and O–H groups in total. The summed E-state index contributed by atoms with van der Waals surface area (Å²) in [7, 11) is 0.363. The second kappa shape index (κ2) is 5.16. The standard InChI is InChI=1S/C12H13F6NO/c1-7-5-4-6-8(2)9(7)19-10(20-3,11(13,14)15)12(16,17)18/h4-6,19H,1-3H3. The Labute approximate surface area is 111 Å². The number of anilines is 1. The Morgan fingerprint density at radius 2 is 1.30 bits per heavy atom. The number of halogens is 6. The summed E-state index contributed by atoms with van der Waals surface area (Å²) in [6, 6.07) is 4.34. The van der Waals surface area contributed by atoms with Crippen molar-refractivity contribution in [3.63, 3.8) is 0 Å². The van der Waals surface area contributed by atoms with Gasteiger partial charge >= 0.3 is 18.1 Å². The van der Waals surface area contributed by atoms with Crippen LogP contribution in [0.25, 0.3) is 0 Å². The van der Waals surface area contributed by atoms with Crippen LogP contribution in [0.1, 0.15) is 11.1 Å². The first kappa shape index (κ1) is 16.6. The third-order valence-corrected chi connectivity index (χ3v) is 2.89. The molecule has 1 aromatic rings. The van der Waals surface area contributed by atoms with Crippen LogP contribution >= 0.6 is 0 Å². The maximum Gasteiger partial charge on any atom is 0.446 e. The van der Waals surface area contributed by atoms with E-state index >= 15 is 0 Å². The molecule has 0 aliphatic carbocycles. The van der Waals surface area contributed by atoms with Gasteiger partial charge in [0, 0.05) is 12.8 Å². The molecule has 1 aromatic carbocycles. The molecule has 0 radical (unpaired) electrons. The number of hydrogen-bond acceptors (Lipinski definition) is 2. The lowest BCUT2D eigenvalue weighted by atomic mass is 10.1. The van der Waals surface area contributed by atoms with Gasteiger partial charge in [-0.05, 0) is 25.0 Å². The molecular weight excluding hydrogens is 288 g/mol. The zero-order chi connectivity index (χ0) is 15.8. The van der Waals surface area contributed by atoms with E-state index in [1.807, 2.05) is 0 Å². The van der Waals surface area contributed by atoms with E-state index in [0.717, 1.165) is 0 Å². The van der Waals surface area contributed by atoms with Gasteiger partial charge in [0.1, 0.15) is 0 Å². The second-order valence-electron chi connectivity index (χ2n) is 4.27. The van der Waals surface area contributed by atoms with E-state index in [-0.39, 0.29) is 16.8 Å². The highest BCUT2D eigenvalue weighted by Crippen LogP contribution is 2.46. The normalized spacial score (nSPS) is 13.4. The van der Waals surface area contributed by atoms with Crippen LogP contribution < -0.4 is 5.32 Å². The van der Waals surface area contributed by atoms with Crippen LogP contribution in [0.2, 0.25) is 0 Å². The third-order valence-electron chi connectivity index (χ3n) is 2.89.